The van der Waals surface area contributed by atoms with Crippen molar-refractivity contribution in [2.24, 2.45) is 5.16 Å². The largest absolute Gasteiger partial charge is 0.489 e. The second kappa shape index (κ2) is 8.87. The highest BCUT2D eigenvalue weighted by Gasteiger charge is 2.19. The van der Waals surface area contributed by atoms with E-state index in [1.54, 1.807) is 6.07 Å². The molecule has 25 heavy (non-hydrogen) atoms. The average molecular weight is 341 g/mol. The van der Waals surface area contributed by atoms with Gasteiger partial charge in [-0.25, -0.2) is 4.79 Å². The quantitative estimate of drug-likeness (QED) is 0.435. The molecule has 0 N–H and O–H groups in total. The first-order chi connectivity index (χ1) is 12.1. The summed E-state index contributed by atoms with van der Waals surface area (Å²) in [5.41, 5.74) is 2.69. The fourth-order valence-corrected chi connectivity index (χ4v) is 2.51. The SMILES string of the molecule is CON=C(C(=O)OC)c1ccccc1COc1ccccc1C(C)C. The number of esters is 1. The van der Waals surface area contributed by atoms with E-state index in [-0.39, 0.29) is 5.71 Å². The number of para-hydroxylation sites is 1. The van der Waals surface area contributed by atoms with Crippen LogP contribution in [0.2, 0.25) is 0 Å². The van der Waals surface area contributed by atoms with E-state index in [0.29, 0.717) is 18.1 Å². The molecule has 0 heterocycles. The van der Waals surface area contributed by atoms with Crippen molar-refractivity contribution < 1.29 is 19.1 Å². The van der Waals surface area contributed by atoms with Crippen LogP contribution in [-0.4, -0.2) is 25.9 Å². The molecule has 0 radical (unpaired) electrons. The first-order valence-corrected chi connectivity index (χ1v) is 8.08. The summed E-state index contributed by atoms with van der Waals surface area (Å²) in [4.78, 5) is 16.8. The zero-order chi connectivity index (χ0) is 18.2. The van der Waals surface area contributed by atoms with Crippen molar-refractivity contribution in [3.8, 4) is 5.75 Å². The molecule has 0 aliphatic rings. The van der Waals surface area contributed by atoms with Gasteiger partial charge >= 0.3 is 5.97 Å². The fourth-order valence-electron chi connectivity index (χ4n) is 2.51. The molecule has 0 amide bonds. The van der Waals surface area contributed by atoms with Crippen LogP contribution in [0.3, 0.4) is 0 Å². The van der Waals surface area contributed by atoms with Crippen LogP contribution in [0.15, 0.2) is 53.7 Å². The van der Waals surface area contributed by atoms with Gasteiger partial charge in [-0.15, -0.1) is 0 Å². The van der Waals surface area contributed by atoms with Crippen LogP contribution in [0.1, 0.15) is 36.5 Å². The Balaban J connectivity index is 2.30. The molecule has 0 aromatic heterocycles. The number of methoxy groups -OCH3 is 1. The Morgan fingerprint density at radius 2 is 1.72 bits per heavy atom. The van der Waals surface area contributed by atoms with E-state index >= 15 is 0 Å². The number of ether oxygens (including phenoxy) is 2. The molecule has 0 saturated heterocycles. The van der Waals surface area contributed by atoms with E-state index in [0.717, 1.165) is 16.9 Å². The van der Waals surface area contributed by atoms with Crippen molar-refractivity contribution in [2.45, 2.75) is 26.4 Å². The number of rotatable bonds is 7. The average Bonchev–Trinajstić information content (AvgIpc) is 2.64. The molecule has 2 rings (SSSR count). The third-order valence-corrected chi connectivity index (χ3v) is 3.76. The van der Waals surface area contributed by atoms with Crippen LogP contribution in [0, 0.1) is 0 Å². The van der Waals surface area contributed by atoms with Gasteiger partial charge in [-0.2, -0.15) is 0 Å². The smallest absolute Gasteiger partial charge is 0.360 e. The predicted octanol–water partition coefficient (Wildman–Crippen LogP) is 3.91. The van der Waals surface area contributed by atoms with Crippen molar-refractivity contribution in [1.82, 2.24) is 0 Å². The molecule has 0 aliphatic heterocycles. The van der Waals surface area contributed by atoms with Crippen molar-refractivity contribution in [2.75, 3.05) is 14.2 Å². The molecule has 0 aliphatic carbocycles. The summed E-state index contributed by atoms with van der Waals surface area (Å²) in [5.74, 6) is 0.625. The molecule has 0 saturated carbocycles. The number of hydrogen-bond donors (Lipinski definition) is 0. The van der Waals surface area contributed by atoms with Crippen LogP contribution in [0.5, 0.6) is 5.75 Å². The summed E-state index contributed by atoms with van der Waals surface area (Å²) in [6.07, 6.45) is 0. The molecule has 132 valence electrons. The minimum Gasteiger partial charge on any atom is -0.489 e. The summed E-state index contributed by atoms with van der Waals surface area (Å²) >= 11 is 0. The first kappa shape index (κ1) is 18.5. The molecule has 0 unspecified atom stereocenters. The Labute approximate surface area is 148 Å². The van der Waals surface area contributed by atoms with Crippen molar-refractivity contribution in [1.29, 1.82) is 0 Å². The monoisotopic (exact) mass is 341 g/mol. The van der Waals surface area contributed by atoms with Gasteiger partial charge in [-0.3, -0.25) is 0 Å². The molecule has 2 aromatic carbocycles. The lowest BCUT2D eigenvalue weighted by Gasteiger charge is -2.15. The van der Waals surface area contributed by atoms with E-state index in [9.17, 15) is 4.79 Å². The third-order valence-electron chi connectivity index (χ3n) is 3.76. The van der Waals surface area contributed by atoms with Gasteiger partial charge in [0, 0.05) is 5.56 Å². The van der Waals surface area contributed by atoms with Gasteiger partial charge in [0.15, 0.2) is 5.71 Å². The number of oxime groups is 1. The van der Waals surface area contributed by atoms with Gasteiger partial charge in [-0.05, 0) is 23.1 Å². The highest BCUT2D eigenvalue weighted by atomic mass is 16.6. The van der Waals surface area contributed by atoms with Crippen LogP contribution < -0.4 is 4.74 Å². The van der Waals surface area contributed by atoms with Gasteiger partial charge in [-0.1, -0.05) is 61.5 Å². The Morgan fingerprint density at radius 1 is 1.04 bits per heavy atom. The second-order valence-corrected chi connectivity index (χ2v) is 5.75. The van der Waals surface area contributed by atoms with Crippen LogP contribution in [0.25, 0.3) is 0 Å². The molecule has 5 nitrogen and oxygen atoms in total. The van der Waals surface area contributed by atoms with Crippen molar-refractivity contribution in [3.63, 3.8) is 0 Å². The van der Waals surface area contributed by atoms with Gasteiger partial charge in [0.05, 0.1) is 7.11 Å². The summed E-state index contributed by atoms with van der Waals surface area (Å²) in [5, 5.41) is 3.81. The van der Waals surface area contributed by atoms with E-state index in [1.165, 1.54) is 14.2 Å². The molecule has 0 fully saturated rings. The second-order valence-electron chi connectivity index (χ2n) is 5.75. The highest BCUT2D eigenvalue weighted by molar-refractivity contribution is 6.43. The summed E-state index contributed by atoms with van der Waals surface area (Å²) in [6, 6.07) is 15.3. The normalized spacial score (nSPS) is 11.3. The van der Waals surface area contributed by atoms with E-state index in [2.05, 4.69) is 25.1 Å². The Bertz CT molecular complexity index is 753. The summed E-state index contributed by atoms with van der Waals surface area (Å²) in [7, 11) is 2.70. The Morgan fingerprint density at radius 3 is 2.40 bits per heavy atom. The van der Waals surface area contributed by atoms with E-state index < -0.39 is 5.97 Å². The molecular weight excluding hydrogens is 318 g/mol. The van der Waals surface area contributed by atoms with Crippen LogP contribution in [0.4, 0.5) is 0 Å². The summed E-state index contributed by atoms with van der Waals surface area (Å²) in [6.45, 7) is 4.55. The zero-order valence-corrected chi connectivity index (χ0v) is 15.0. The minimum absolute atomic E-state index is 0.112. The topological polar surface area (TPSA) is 57.1 Å². The van der Waals surface area contributed by atoms with Crippen LogP contribution >= 0.6 is 0 Å². The van der Waals surface area contributed by atoms with Crippen LogP contribution in [-0.2, 0) is 21.0 Å². The molecule has 0 atom stereocenters. The predicted molar refractivity (Wildman–Crippen MR) is 96.9 cm³/mol. The van der Waals surface area contributed by atoms with Gasteiger partial charge in [0.1, 0.15) is 19.5 Å². The molecule has 5 heteroatoms. The third kappa shape index (κ3) is 4.59. The first-order valence-electron chi connectivity index (χ1n) is 8.08. The number of nitrogens with zero attached hydrogens (tertiary/aromatic N) is 1. The Kier molecular flexibility index (Phi) is 6.57. The number of hydrogen-bond acceptors (Lipinski definition) is 5. The maximum Gasteiger partial charge on any atom is 0.360 e. The Hall–Kier alpha value is -2.82. The van der Waals surface area contributed by atoms with E-state index in [1.807, 2.05) is 36.4 Å². The van der Waals surface area contributed by atoms with Gasteiger partial charge in [0.2, 0.25) is 0 Å². The highest BCUT2D eigenvalue weighted by Crippen LogP contribution is 2.27. The van der Waals surface area contributed by atoms with Gasteiger partial charge in [0.25, 0.3) is 0 Å². The molecule has 2 aromatic rings. The minimum atomic E-state index is -0.558. The molecule has 0 bridgehead atoms. The van der Waals surface area contributed by atoms with Crippen molar-refractivity contribution in [3.05, 3.63) is 65.2 Å². The number of carbonyl (C=O) groups is 1. The fraction of sp³-hybridized carbons (Fsp3) is 0.300. The number of carbonyl (C=O) groups excluding carboxylic acids is 1. The van der Waals surface area contributed by atoms with Crippen molar-refractivity contribution >= 4 is 11.7 Å². The summed E-state index contributed by atoms with van der Waals surface area (Å²) < 4.78 is 10.8. The standard InChI is InChI=1S/C20H23NO4/c1-14(2)16-10-7-8-12-18(16)25-13-15-9-5-6-11-17(15)19(21-24-4)20(22)23-3/h5-12,14H,13H2,1-4H3. The number of benzene rings is 2. The molecular formula is C20H23NO4. The molecule has 0 spiro atoms. The van der Waals surface area contributed by atoms with Gasteiger partial charge < -0.3 is 14.3 Å². The lowest BCUT2D eigenvalue weighted by Crippen LogP contribution is -2.20. The van der Waals surface area contributed by atoms with E-state index in [4.69, 9.17) is 14.3 Å². The zero-order valence-electron chi connectivity index (χ0n) is 15.0. The lowest BCUT2D eigenvalue weighted by molar-refractivity contribution is -0.132. The lowest BCUT2D eigenvalue weighted by atomic mass is 10.0. The maximum atomic E-state index is 12.0. The maximum absolute atomic E-state index is 12.0.